The number of aryl methyl sites for hydroxylation is 1. The van der Waals surface area contributed by atoms with Gasteiger partial charge in [-0.3, -0.25) is 0 Å². The van der Waals surface area contributed by atoms with E-state index in [0.717, 1.165) is 11.1 Å². The average Bonchev–Trinajstić information content (AvgIpc) is 2.27. The second-order valence-electron chi connectivity index (χ2n) is 3.16. The number of esters is 1. The zero-order valence-corrected chi connectivity index (χ0v) is 9.20. The molecule has 1 aromatic carbocycles. The van der Waals surface area contributed by atoms with Crippen LogP contribution in [-0.4, -0.2) is 20.1 Å². The first kappa shape index (κ1) is 11.3. The first-order valence-electron chi connectivity index (χ1n) is 4.72. The lowest BCUT2D eigenvalue weighted by atomic mass is 10.1. The van der Waals surface area contributed by atoms with Crippen LogP contribution in [0.2, 0.25) is 0 Å². The van der Waals surface area contributed by atoms with Gasteiger partial charge in [0.25, 0.3) is 0 Å². The SMILES string of the molecule is CN/C(=C\c1ccccc1C)C(=O)OC. The van der Waals surface area contributed by atoms with Gasteiger partial charge in [0.1, 0.15) is 5.70 Å². The van der Waals surface area contributed by atoms with Crippen molar-refractivity contribution in [3.63, 3.8) is 0 Å². The van der Waals surface area contributed by atoms with E-state index in [2.05, 4.69) is 10.1 Å². The molecule has 0 atom stereocenters. The lowest BCUT2D eigenvalue weighted by Gasteiger charge is -2.05. The molecule has 0 aromatic heterocycles. The average molecular weight is 205 g/mol. The molecule has 0 radical (unpaired) electrons. The van der Waals surface area contributed by atoms with Crippen LogP contribution < -0.4 is 5.32 Å². The summed E-state index contributed by atoms with van der Waals surface area (Å²) >= 11 is 0. The summed E-state index contributed by atoms with van der Waals surface area (Å²) in [5.41, 5.74) is 2.58. The van der Waals surface area contributed by atoms with Gasteiger partial charge in [-0.1, -0.05) is 24.3 Å². The van der Waals surface area contributed by atoms with Gasteiger partial charge in [0.05, 0.1) is 7.11 Å². The predicted octanol–water partition coefficient (Wildman–Crippen LogP) is 1.73. The molecule has 15 heavy (non-hydrogen) atoms. The molecule has 0 saturated carbocycles. The molecule has 0 heterocycles. The molecule has 3 nitrogen and oxygen atoms in total. The number of methoxy groups -OCH3 is 1. The van der Waals surface area contributed by atoms with E-state index in [1.807, 2.05) is 31.2 Å². The molecule has 0 aliphatic rings. The Morgan fingerprint density at radius 2 is 2.07 bits per heavy atom. The minimum atomic E-state index is -0.360. The van der Waals surface area contributed by atoms with Crippen LogP contribution in [-0.2, 0) is 9.53 Å². The van der Waals surface area contributed by atoms with Crippen LogP contribution in [0.4, 0.5) is 0 Å². The van der Waals surface area contributed by atoms with Gasteiger partial charge in [-0.25, -0.2) is 4.79 Å². The Morgan fingerprint density at radius 3 is 2.60 bits per heavy atom. The van der Waals surface area contributed by atoms with Crippen molar-refractivity contribution in [3.8, 4) is 0 Å². The molecule has 0 amide bonds. The van der Waals surface area contributed by atoms with Crippen molar-refractivity contribution in [2.45, 2.75) is 6.92 Å². The fourth-order valence-electron chi connectivity index (χ4n) is 1.25. The van der Waals surface area contributed by atoms with Gasteiger partial charge in [0, 0.05) is 7.05 Å². The highest BCUT2D eigenvalue weighted by molar-refractivity contribution is 5.93. The van der Waals surface area contributed by atoms with Crippen LogP contribution >= 0.6 is 0 Å². The summed E-state index contributed by atoms with van der Waals surface area (Å²) in [7, 11) is 3.06. The number of carbonyl (C=O) groups is 1. The molecule has 80 valence electrons. The van der Waals surface area contributed by atoms with Crippen molar-refractivity contribution in [2.75, 3.05) is 14.2 Å². The number of ether oxygens (including phenoxy) is 1. The number of carbonyl (C=O) groups excluding carboxylic acids is 1. The van der Waals surface area contributed by atoms with Gasteiger partial charge in [0.15, 0.2) is 0 Å². The molecule has 0 saturated heterocycles. The zero-order valence-electron chi connectivity index (χ0n) is 9.20. The van der Waals surface area contributed by atoms with E-state index in [-0.39, 0.29) is 5.97 Å². The Bertz CT molecular complexity index is 383. The molecule has 3 heteroatoms. The number of nitrogens with one attached hydrogen (secondary N) is 1. The van der Waals surface area contributed by atoms with E-state index in [4.69, 9.17) is 0 Å². The third kappa shape index (κ3) is 2.84. The van der Waals surface area contributed by atoms with Gasteiger partial charge in [0.2, 0.25) is 0 Å². The second-order valence-corrected chi connectivity index (χ2v) is 3.16. The molecular formula is C12H15NO2. The summed E-state index contributed by atoms with van der Waals surface area (Å²) < 4.78 is 4.65. The largest absolute Gasteiger partial charge is 0.464 e. The Labute approximate surface area is 89.8 Å². The quantitative estimate of drug-likeness (QED) is 0.603. The number of benzene rings is 1. The van der Waals surface area contributed by atoms with Crippen molar-refractivity contribution in [3.05, 3.63) is 41.1 Å². The minimum Gasteiger partial charge on any atom is -0.464 e. The number of likely N-dealkylation sites (N-methyl/N-ethyl adjacent to an activating group) is 1. The summed E-state index contributed by atoms with van der Waals surface area (Å²) in [5, 5.41) is 2.82. The van der Waals surface area contributed by atoms with Crippen molar-refractivity contribution in [1.29, 1.82) is 0 Å². The van der Waals surface area contributed by atoms with E-state index in [1.54, 1.807) is 13.1 Å². The van der Waals surface area contributed by atoms with Crippen LogP contribution in [0.3, 0.4) is 0 Å². The molecule has 0 spiro atoms. The van der Waals surface area contributed by atoms with E-state index < -0.39 is 0 Å². The minimum absolute atomic E-state index is 0.360. The Balaban J connectivity index is 3.03. The first-order chi connectivity index (χ1) is 7.19. The lowest BCUT2D eigenvalue weighted by molar-refractivity contribution is -0.136. The van der Waals surface area contributed by atoms with Crippen molar-refractivity contribution >= 4 is 12.0 Å². The summed E-state index contributed by atoms with van der Waals surface area (Å²) in [5.74, 6) is -0.360. The Hall–Kier alpha value is -1.77. The summed E-state index contributed by atoms with van der Waals surface area (Å²) in [6.45, 7) is 2.00. The zero-order chi connectivity index (χ0) is 11.3. The molecule has 0 unspecified atom stereocenters. The van der Waals surface area contributed by atoms with Gasteiger partial charge >= 0.3 is 5.97 Å². The van der Waals surface area contributed by atoms with Crippen molar-refractivity contribution in [2.24, 2.45) is 0 Å². The fourth-order valence-corrected chi connectivity index (χ4v) is 1.25. The fraction of sp³-hybridized carbons (Fsp3) is 0.250. The highest BCUT2D eigenvalue weighted by Crippen LogP contribution is 2.11. The molecule has 0 fully saturated rings. The summed E-state index contributed by atoms with van der Waals surface area (Å²) in [6.07, 6.45) is 1.78. The van der Waals surface area contributed by atoms with E-state index >= 15 is 0 Å². The van der Waals surface area contributed by atoms with Crippen LogP contribution in [0.5, 0.6) is 0 Å². The first-order valence-corrected chi connectivity index (χ1v) is 4.72. The van der Waals surface area contributed by atoms with Crippen LogP contribution in [0, 0.1) is 6.92 Å². The van der Waals surface area contributed by atoms with Gasteiger partial charge in [-0.05, 0) is 24.1 Å². The lowest BCUT2D eigenvalue weighted by Crippen LogP contribution is -2.17. The van der Waals surface area contributed by atoms with E-state index in [9.17, 15) is 4.79 Å². The maximum absolute atomic E-state index is 11.3. The van der Waals surface area contributed by atoms with Crippen LogP contribution in [0.25, 0.3) is 6.08 Å². The van der Waals surface area contributed by atoms with E-state index in [0.29, 0.717) is 5.70 Å². The highest BCUT2D eigenvalue weighted by Gasteiger charge is 2.07. The molecular weight excluding hydrogens is 190 g/mol. The Morgan fingerprint density at radius 1 is 1.40 bits per heavy atom. The van der Waals surface area contributed by atoms with Gasteiger partial charge in [-0.2, -0.15) is 0 Å². The standard InChI is InChI=1S/C12H15NO2/c1-9-6-4-5-7-10(9)8-11(13-2)12(14)15-3/h4-8,13H,1-3H3/b11-8-. The summed E-state index contributed by atoms with van der Waals surface area (Å²) in [4.78, 5) is 11.3. The molecule has 1 N–H and O–H groups in total. The maximum Gasteiger partial charge on any atom is 0.354 e. The smallest absolute Gasteiger partial charge is 0.354 e. The second kappa shape index (κ2) is 5.20. The maximum atomic E-state index is 11.3. The van der Waals surface area contributed by atoms with Gasteiger partial charge < -0.3 is 10.1 Å². The number of hydrogen-bond donors (Lipinski definition) is 1. The highest BCUT2D eigenvalue weighted by atomic mass is 16.5. The molecule has 1 rings (SSSR count). The summed E-state index contributed by atoms with van der Waals surface area (Å²) in [6, 6.07) is 7.85. The van der Waals surface area contributed by atoms with E-state index in [1.165, 1.54) is 7.11 Å². The van der Waals surface area contributed by atoms with Crippen molar-refractivity contribution < 1.29 is 9.53 Å². The molecule has 1 aromatic rings. The topological polar surface area (TPSA) is 38.3 Å². The number of hydrogen-bond acceptors (Lipinski definition) is 3. The monoisotopic (exact) mass is 205 g/mol. The third-order valence-electron chi connectivity index (χ3n) is 2.16. The van der Waals surface area contributed by atoms with Gasteiger partial charge in [-0.15, -0.1) is 0 Å². The molecule has 0 bridgehead atoms. The van der Waals surface area contributed by atoms with Crippen molar-refractivity contribution in [1.82, 2.24) is 5.32 Å². The van der Waals surface area contributed by atoms with Crippen LogP contribution in [0.15, 0.2) is 30.0 Å². The third-order valence-corrected chi connectivity index (χ3v) is 2.16. The van der Waals surface area contributed by atoms with Crippen LogP contribution in [0.1, 0.15) is 11.1 Å². The number of rotatable bonds is 3. The Kier molecular flexibility index (Phi) is 3.92. The predicted molar refractivity (Wildman–Crippen MR) is 60.2 cm³/mol. The molecule has 0 aliphatic carbocycles. The molecule has 0 aliphatic heterocycles. The normalized spacial score (nSPS) is 11.0.